The van der Waals surface area contributed by atoms with Crippen LogP contribution in [0.5, 0.6) is 0 Å². The van der Waals surface area contributed by atoms with Crippen molar-refractivity contribution in [2.75, 3.05) is 11.4 Å². The first-order chi connectivity index (χ1) is 22.2. The van der Waals surface area contributed by atoms with E-state index < -0.39 is 11.0 Å². The highest BCUT2D eigenvalue weighted by Gasteiger charge is 2.50. The SMILES string of the molecule is CC1=Cc2cc(C(c3ccccc3)(c3ccccc3)c3ccccc3)ccc2N(C(=O)CN2C(=O)C3CCCCC3C2=O)C1(C)C. The molecule has 2 heterocycles. The van der Waals surface area contributed by atoms with Gasteiger partial charge in [-0.25, -0.2) is 0 Å². The van der Waals surface area contributed by atoms with Crippen LogP contribution in [0.25, 0.3) is 6.08 Å². The van der Waals surface area contributed by atoms with Crippen molar-refractivity contribution in [2.24, 2.45) is 11.8 Å². The Kier molecular flexibility index (Phi) is 7.51. The summed E-state index contributed by atoms with van der Waals surface area (Å²) in [6.07, 6.45) is 5.55. The number of carbonyl (C=O) groups excluding carboxylic acids is 3. The second kappa shape index (κ2) is 11.5. The highest BCUT2D eigenvalue weighted by molar-refractivity contribution is 6.10. The predicted molar refractivity (Wildman–Crippen MR) is 182 cm³/mol. The van der Waals surface area contributed by atoms with E-state index in [9.17, 15) is 14.4 Å². The quantitative estimate of drug-likeness (QED) is 0.166. The Morgan fingerprint density at radius 1 is 0.717 bits per heavy atom. The lowest BCUT2D eigenvalue weighted by molar-refractivity contribution is -0.143. The molecule has 4 aromatic rings. The van der Waals surface area contributed by atoms with Gasteiger partial charge in [0.05, 0.1) is 28.5 Å². The molecule has 4 aromatic carbocycles. The van der Waals surface area contributed by atoms with Crippen LogP contribution in [0.3, 0.4) is 0 Å². The van der Waals surface area contributed by atoms with Crippen LogP contribution in [-0.2, 0) is 19.8 Å². The Balaban J connectivity index is 1.35. The molecule has 0 spiro atoms. The Morgan fingerprint density at radius 2 is 1.20 bits per heavy atom. The van der Waals surface area contributed by atoms with Crippen molar-refractivity contribution in [3.63, 3.8) is 0 Å². The number of imide groups is 1. The van der Waals surface area contributed by atoms with E-state index in [0.717, 1.165) is 64.8 Å². The molecule has 2 atom stereocenters. The molecule has 5 heteroatoms. The van der Waals surface area contributed by atoms with E-state index in [1.165, 1.54) is 4.90 Å². The number of rotatable bonds is 6. The topological polar surface area (TPSA) is 57.7 Å². The van der Waals surface area contributed by atoms with Gasteiger partial charge in [-0.15, -0.1) is 0 Å². The second-order valence-electron chi connectivity index (χ2n) is 13.5. The van der Waals surface area contributed by atoms with Crippen molar-refractivity contribution < 1.29 is 14.4 Å². The highest BCUT2D eigenvalue weighted by Crippen LogP contribution is 2.48. The molecule has 3 aliphatic rings. The Labute approximate surface area is 271 Å². The van der Waals surface area contributed by atoms with Crippen molar-refractivity contribution >= 4 is 29.5 Å². The van der Waals surface area contributed by atoms with Crippen molar-refractivity contribution in [1.82, 2.24) is 4.90 Å². The van der Waals surface area contributed by atoms with Crippen LogP contribution in [0.2, 0.25) is 0 Å². The molecule has 0 bridgehead atoms. The first-order valence-corrected chi connectivity index (χ1v) is 16.4. The monoisotopic (exact) mass is 608 g/mol. The van der Waals surface area contributed by atoms with Gasteiger partial charge in [0.25, 0.3) is 0 Å². The lowest BCUT2D eigenvalue weighted by Crippen LogP contribution is -2.54. The number of fused-ring (bicyclic) bond motifs is 2. The van der Waals surface area contributed by atoms with E-state index in [1.807, 2.05) is 38.1 Å². The van der Waals surface area contributed by atoms with Crippen LogP contribution in [0.15, 0.2) is 115 Å². The van der Waals surface area contributed by atoms with Crippen LogP contribution in [0.4, 0.5) is 5.69 Å². The normalized spacial score (nSPS) is 20.6. The molecule has 3 amide bonds. The summed E-state index contributed by atoms with van der Waals surface area (Å²) in [7, 11) is 0. The molecule has 1 aliphatic carbocycles. The summed E-state index contributed by atoms with van der Waals surface area (Å²) in [5.74, 6) is -1.16. The zero-order valence-corrected chi connectivity index (χ0v) is 26.8. The molecule has 2 unspecified atom stereocenters. The zero-order valence-electron chi connectivity index (χ0n) is 26.8. The molecule has 1 saturated heterocycles. The number of anilines is 1. The van der Waals surface area contributed by atoms with Crippen molar-refractivity contribution in [1.29, 1.82) is 0 Å². The van der Waals surface area contributed by atoms with Crippen LogP contribution >= 0.6 is 0 Å². The number of carbonyl (C=O) groups is 3. The van der Waals surface area contributed by atoms with Gasteiger partial charge in [0.15, 0.2) is 0 Å². The Morgan fingerprint density at radius 3 is 1.67 bits per heavy atom. The maximum absolute atomic E-state index is 14.3. The van der Waals surface area contributed by atoms with Gasteiger partial charge in [0.2, 0.25) is 17.7 Å². The van der Waals surface area contributed by atoms with Gasteiger partial charge in [0, 0.05) is 0 Å². The lowest BCUT2D eigenvalue weighted by atomic mass is 9.64. The van der Waals surface area contributed by atoms with E-state index in [4.69, 9.17) is 0 Å². The molecule has 232 valence electrons. The van der Waals surface area contributed by atoms with Gasteiger partial charge < -0.3 is 4.90 Å². The largest absolute Gasteiger partial charge is 0.301 e. The minimum Gasteiger partial charge on any atom is -0.301 e. The molecule has 7 rings (SSSR count). The van der Waals surface area contributed by atoms with Gasteiger partial charge in [-0.2, -0.15) is 0 Å². The van der Waals surface area contributed by atoms with Gasteiger partial charge in [-0.05, 0) is 79.1 Å². The fraction of sp³-hybridized carbons (Fsp3) is 0.293. The molecule has 2 aliphatic heterocycles. The van der Waals surface area contributed by atoms with Crippen LogP contribution in [0.1, 0.15) is 74.3 Å². The standard InChI is InChI=1S/C41H40N2O3/c1-28-25-29-26-33(41(30-15-7-4-8-16-30,31-17-9-5-10-18-31)32-19-11-6-12-20-32)23-24-36(29)43(40(28,2)3)37(44)27-42-38(45)34-21-13-14-22-35(34)39(42)46/h4-12,15-20,23-26,34-35H,13-14,21-22,27H2,1-3H3. The van der Waals surface area contributed by atoms with Crippen LogP contribution in [0, 0.1) is 11.8 Å². The highest BCUT2D eigenvalue weighted by atomic mass is 16.2. The number of nitrogens with zero attached hydrogens (tertiary/aromatic N) is 2. The minimum absolute atomic E-state index is 0.181. The predicted octanol–water partition coefficient (Wildman–Crippen LogP) is 7.77. The third-order valence-electron chi connectivity index (χ3n) is 10.7. The smallest absolute Gasteiger partial charge is 0.247 e. The van der Waals surface area contributed by atoms with Crippen molar-refractivity contribution in [2.45, 2.75) is 57.4 Å². The Bertz CT molecular complexity index is 1710. The number of hydrogen-bond acceptors (Lipinski definition) is 3. The zero-order chi connectivity index (χ0) is 32.1. The summed E-state index contributed by atoms with van der Waals surface area (Å²) >= 11 is 0. The summed E-state index contributed by atoms with van der Waals surface area (Å²) in [5.41, 5.74) is 6.00. The molecule has 0 aromatic heterocycles. The van der Waals surface area contributed by atoms with Crippen LogP contribution < -0.4 is 4.90 Å². The third-order valence-corrected chi connectivity index (χ3v) is 10.7. The average Bonchev–Trinajstić information content (AvgIpc) is 3.32. The molecular weight excluding hydrogens is 568 g/mol. The van der Waals surface area contributed by atoms with Gasteiger partial charge in [-0.1, -0.05) is 116 Å². The first-order valence-electron chi connectivity index (χ1n) is 16.4. The maximum Gasteiger partial charge on any atom is 0.247 e. The number of amides is 3. The van der Waals surface area contributed by atoms with E-state index in [-0.39, 0.29) is 36.1 Å². The minimum atomic E-state index is -0.639. The van der Waals surface area contributed by atoms with Gasteiger partial charge >= 0.3 is 0 Å². The molecule has 2 fully saturated rings. The summed E-state index contributed by atoms with van der Waals surface area (Å²) < 4.78 is 0. The number of hydrogen-bond donors (Lipinski definition) is 0. The number of likely N-dealkylation sites (tertiary alicyclic amines) is 1. The number of benzene rings is 4. The van der Waals surface area contributed by atoms with Gasteiger partial charge in [-0.3, -0.25) is 19.3 Å². The molecule has 5 nitrogen and oxygen atoms in total. The maximum atomic E-state index is 14.3. The first kappa shape index (κ1) is 29.9. The third kappa shape index (κ3) is 4.63. The van der Waals surface area contributed by atoms with E-state index in [2.05, 4.69) is 97.9 Å². The summed E-state index contributed by atoms with van der Waals surface area (Å²) in [6.45, 7) is 5.88. The lowest BCUT2D eigenvalue weighted by Gasteiger charge is -2.44. The van der Waals surface area contributed by atoms with Crippen LogP contribution in [-0.4, -0.2) is 34.7 Å². The average molecular weight is 609 g/mol. The van der Waals surface area contributed by atoms with Crippen molar-refractivity contribution in [3.8, 4) is 0 Å². The van der Waals surface area contributed by atoms with E-state index in [0.29, 0.717) is 0 Å². The molecule has 0 radical (unpaired) electrons. The summed E-state index contributed by atoms with van der Waals surface area (Å²) in [6, 6.07) is 38.1. The fourth-order valence-corrected chi connectivity index (χ4v) is 8.10. The Hall–Kier alpha value is -4.77. The second-order valence-corrected chi connectivity index (χ2v) is 13.5. The molecular formula is C41H40N2O3. The van der Waals surface area contributed by atoms with E-state index >= 15 is 0 Å². The fourth-order valence-electron chi connectivity index (χ4n) is 8.10. The molecule has 46 heavy (non-hydrogen) atoms. The summed E-state index contributed by atoms with van der Waals surface area (Å²) in [5, 5.41) is 0. The van der Waals surface area contributed by atoms with Gasteiger partial charge in [0.1, 0.15) is 6.54 Å². The molecule has 1 saturated carbocycles. The summed E-state index contributed by atoms with van der Waals surface area (Å²) in [4.78, 5) is 44.0. The molecule has 0 N–H and O–H groups in total. The van der Waals surface area contributed by atoms with Crippen molar-refractivity contribution in [3.05, 3.63) is 143 Å². The van der Waals surface area contributed by atoms with E-state index in [1.54, 1.807) is 4.90 Å².